The third-order valence-corrected chi connectivity index (χ3v) is 2.77. The zero-order chi connectivity index (χ0) is 13.5. The lowest BCUT2D eigenvalue weighted by molar-refractivity contribution is -0.142. The lowest BCUT2D eigenvalue weighted by Gasteiger charge is -2.24. The van der Waals surface area contributed by atoms with Gasteiger partial charge in [0.15, 0.2) is 0 Å². The summed E-state index contributed by atoms with van der Waals surface area (Å²) in [7, 11) is 0. The van der Waals surface area contributed by atoms with Gasteiger partial charge in [-0.1, -0.05) is 13.8 Å². The molecule has 1 aliphatic heterocycles. The van der Waals surface area contributed by atoms with E-state index in [1.165, 1.54) is 0 Å². The molecule has 3 N–H and O–H groups in total. The Labute approximate surface area is 107 Å². The van der Waals surface area contributed by atoms with Gasteiger partial charge in [0, 0.05) is 19.0 Å². The summed E-state index contributed by atoms with van der Waals surface area (Å²) in [6.45, 7) is 5.74. The maximum Gasteiger partial charge on any atom is 0.326 e. The molecule has 1 rings (SSSR count). The molecular weight excluding hydrogens is 236 g/mol. The van der Waals surface area contributed by atoms with Crippen molar-refractivity contribution < 1.29 is 19.4 Å². The molecule has 1 unspecified atom stereocenters. The highest BCUT2D eigenvalue weighted by atomic mass is 16.5. The van der Waals surface area contributed by atoms with Crippen molar-refractivity contribution in [2.24, 2.45) is 5.92 Å². The zero-order valence-corrected chi connectivity index (χ0v) is 10.9. The highest BCUT2D eigenvalue weighted by Gasteiger charge is 2.23. The Kier molecular flexibility index (Phi) is 6.07. The van der Waals surface area contributed by atoms with Crippen LogP contribution in [0.2, 0.25) is 0 Å². The number of ether oxygens (including phenoxy) is 1. The summed E-state index contributed by atoms with van der Waals surface area (Å²) in [6, 6.07) is -0.825. The van der Waals surface area contributed by atoms with Crippen LogP contribution in [0, 0.1) is 5.92 Å². The van der Waals surface area contributed by atoms with Gasteiger partial charge in [0.25, 0.3) is 0 Å². The Bertz CT molecular complexity index is 288. The molecule has 1 heterocycles. The van der Waals surface area contributed by atoms with Crippen LogP contribution in [0.4, 0.5) is 0 Å². The van der Waals surface area contributed by atoms with E-state index in [2.05, 4.69) is 10.6 Å². The van der Waals surface area contributed by atoms with E-state index in [-0.39, 0.29) is 24.3 Å². The number of rotatable bonds is 6. The van der Waals surface area contributed by atoms with Crippen LogP contribution in [-0.2, 0) is 14.3 Å². The molecule has 0 aliphatic carbocycles. The van der Waals surface area contributed by atoms with Crippen LogP contribution in [0.3, 0.4) is 0 Å². The number of nitrogens with one attached hydrogen (secondary N) is 2. The van der Waals surface area contributed by atoms with E-state index in [9.17, 15) is 9.59 Å². The molecule has 6 nitrogen and oxygen atoms in total. The SMILES string of the molecule is CC(C)C[C@H](NC(=O)CC1COCCN1)C(=O)O. The molecule has 0 spiro atoms. The van der Waals surface area contributed by atoms with Crippen molar-refractivity contribution in [2.75, 3.05) is 19.8 Å². The fourth-order valence-corrected chi connectivity index (χ4v) is 1.92. The first-order chi connectivity index (χ1) is 8.49. The van der Waals surface area contributed by atoms with Crippen LogP contribution >= 0.6 is 0 Å². The molecule has 104 valence electrons. The fourth-order valence-electron chi connectivity index (χ4n) is 1.92. The van der Waals surface area contributed by atoms with Crippen molar-refractivity contribution in [2.45, 2.75) is 38.8 Å². The summed E-state index contributed by atoms with van der Waals surface area (Å²) in [6.07, 6.45) is 0.692. The monoisotopic (exact) mass is 258 g/mol. The first kappa shape index (κ1) is 14.9. The van der Waals surface area contributed by atoms with E-state index in [1.54, 1.807) is 0 Å². The minimum atomic E-state index is -0.982. The smallest absolute Gasteiger partial charge is 0.326 e. The second-order valence-corrected chi connectivity index (χ2v) is 5.02. The first-order valence-corrected chi connectivity index (χ1v) is 6.32. The Morgan fingerprint density at radius 2 is 2.22 bits per heavy atom. The number of carbonyl (C=O) groups excluding carboxylic acids is 1. The van der Waals surface area contributed by atoms with Gasteiger partial charge in [-0.05, 0) is 12.3 Å². The summed E-state index contributed by atoms with van der Waals surface area (Å²) in [5.41, 5.74) is 0. The average molecular weight is 258 g/mol. The van der Waals surface area contributed by atoms with Gasteiger partial charge in [-0.15, -0.1) is 0 Å². The number of carboxylic acids is 1. The van der Waals surface area contributed by atoms with E-state index in [0.717, 1.165) is 6.54 Å². The number of carbonyl (C=O) groups is 2. The maximum atomic E-state index is 11.7. The molecular formula is C12H22N2O4. The van der Waals surface area contributed by atoms with Gasteiger partial charge in [-0.3, -0.25) is 4.79 Å². The molecule has 0 bridgehead atoms. The molecule has 1 saturated heterocycles. The zero-order valence-electron chi connectivity index (χ0n) is 10.9. The molecule has 0 radical (unpaired) electrons. The molecule has 2 atom stereocenters. The van der Waals surface area contributed by atoms with Gasteiger partial charge in [-0.2, -0.15) is 0 Å². The quantitative estimate of drug-likeness (QED) is 0.623. The average Bonchev–Trinajstić information content (AvgIpc) is 2.28. The van der Waals surface area contributed by atoms with Crippen LogP contribution in [0.5, 0.6) is 0 Å². The number of hydrogen-bond donors (Lipinski definition) is 3. The molecule has 0 saturated carbocycles. The molecule has 1 amide bonds. The van der Waals surface area contributed by atoms with Crippen molar-refractivity contribution in [3.63, 3.8) is 0 Å². The Morgan fingerprint density at radius 1 is 1.50 bits per heavy atom. The van der Waals surface area contributed by atoms with Crippen LogP contribution in [0.15, 0.2) is 0 Å². The van der Waals surface area contributed by atoms with Crippen molar-refractivity contribution in [3.05, 3.63) is 0 Å². The second kappa shape index (κ2) is 7.33. The van der Waals surface area contributed by atoms with Crippen molar-refractivity contribution in [3.8, 4) is 0 Å². The second-order valence-electron chi connectivity index (χ2n) is 5.02. The molecule has 0 aromatic carbocycles. The van der Waals surface area contributed by atoms with Gasteiger partial charge in [-0.25, -0.2) is 4.79 Å². The first-order valence-electron chi connectivity index (χ1n) is 6.32. The highest BCUT2D eigenvalue weighted by molar-refractivity contribution is 5.83. The molecule has 0 aromatic heterocycles. The number of aliphatic carboxylic acids is 1. The molecule has 6 heteroatoms. The van der Waals surface area contributed by atoms with Gasteiger partial charge >= 0.3 is 5.97 Å². The van der Waals surface area contributed by atoms with Gasteiger partial charge < -0.3 is 20.5 Å². The molecule has 18 heavy (non-hydrogen) atoms. The summed E-state index contributed by atoms with van der Waals surface area (Å²) >= 11 is 0. The molecule has 1 aliphatic rings. The van der Waals surface area contributed by atoms with E-state index in [4.69, 9.17) is 9.84 Å². The van der Waals surface area contributed by atoms with E-state index < -0.39 is 12.0 Å². The van der Waals surface area contributed by atoms with Crippen molar-refractivity contribution >= 4 is 11.9 Å². The molecule has 1 fully saturated rings. The minimum Gasteiger partial charge on any atom is -0.480 e. The third kappa shape index (κ3) is 5.46. The Balaban J connectivity index is 2.37. The predicted molar refractivity (Wildman–Crippen MR) is 66.2 cm³/mol. The van der Waals surface area contributed by atoms with Crippen LogP contribution < -0.4 is 10.6 Å². The van der Waals surface area contributed by atoms with Crippen LogP contribution in [0.1, 0.15) is 26.7 Å². The largest absolute Gasteiger partial charge is 0.480 e. The van der Waals surface area contributed by atoms with Crippen molar-refractivity contribution in [1.82, 2.24) is 10.6 Å². The number of hydrogen-bond acceptors (Lipinski definition) is 4. The lowest BCUT2D eigenvalue weighted by Crippen LogP contribution is -2.47. The fraction of sp³-hybridized carbons (Fsp3) is 0.833. The van der Waals surface area contributed by atoms with Crippen molar-refractivity contribution in [1.29, 1.82) is 0 Å². The summed E-state index contributed by atoms with van der Waals surface area (Å²) < 4.78 is 5.24. The lowest BCUT2D eigenvalue weighted by atomic mass is 10.0. The maximum absolute atomic E-state index is 11.7. The highest BCUT2D eigenvalue weighted by Crippen LogP contribution is 2.06. The topological polar surface area (TPSA) is 87.7 Å². The van der Waals surface area contributed by atoms with Crippen LogP contribution in [-0.4, -0.2) is 48.8 Å². The predicted octanol–water partition coefficient (Wildman–Crippen LogP) is -0.0196. The summed E-state index contributed by atoms with van der Waals surface area (Å²) in [5, 5.41) is 14.7. The Morgan fingerprint density at radius 3 is 2.72 bits per heavy atom. The van der Waals surface area contributed by atoms with E-state index in [0.29, 0.717) is 19.6 Å². The minimum absolute atomic E-state index is 0.0211. The number of amides is 1. The Hall–Kier alpha value is -1.14. The standard InChI is InChI=1S/C12H22N2O4/c1-8(2)5-10(12(16)17)14-11(15)6-9-7-18-4-3-13-9/h8-10,13H,3-7H2,1-2H3,(H,14,15)(H,16,17)/t9?,10-/m0/s1. The van der Waals surface area contributed by atoms with Gasteiger partial charge in [0.1, 0.15) is 6.04 Å². The summed E-state index contributed by atoms with van der Waals surface area (Å²) in [4.78, 5) is 22.7. The van der Waals surface area contributed by atoms with Gasteiger partial charge in [0.2, 0.25) is 5.91 Å². The normalized spacial score (nSPS) is 21.6. The van der Waals surface area contributed by atoms with Crippen LogP contribution in [0.25, 0.3) is 0 Å². The number of morpholine rings is 1. The van der Waals surface area contributed by atoms with E-state index in [1.807, 2.05) is 13.8 Å². The van der Waals surface area contributed by atoms with Gasteiger partial charge in [0.05, 0.1) is 13.2 Å². The summed E-state index contributed by atoms with van der Waals surface area (Å²) in [5.74, 6) is -1.00. The third-order valence-electron chi connectivity index (χ3n) is 2.77. The van der Waals surface area contributed by atoms with E-state index >= 15 is 0 Å². The molecule has 0 aromatic rings. The number of carboxylic acid groups (broad SMARTS) is 1.